The van der Waals surface area contributed by atoms with Crippen molar-refractivity contribution in [2.45, 2.75) is 26.2 Å². The van der Waals surface area contributed by atoms with E-state index in [0.717, 1.165) is 67.2 Å². The third kappa shape index (κ3) is 3.89. The lowest BCUT2D eigenvalue weighted by Crippen LogP contribution is -2.36. The zero-order chi connectivity index (χ0) is 21.4. The zero-order valence-corrected chi connectivity index (χ0v) is 18.3. The maximum Gasteiger partial charge on any atom is 0.260 e. The van der Waals surface area contributed by atoms with E-state index >= 15 is 0 Å². The van der Waals surface area contributed by atoms with Crippen LogP contribution in [0, 0.1) is 17.2 Å². The van der Waals surface area contributed by atoms with E-state index in [0.29, 0.717) is 22.7 Å². The number of nitrogens with one attached hydrogen (secondary N) is 1. The first-order valence-electron chi connectivity index (χ1n) is 10.7. The van der Waals surface area contributed by atoms with Gasteiger partial charge in [0.2, 0.25) is 0 Å². The van der Waals surface area contributed by atoms with Crippen molar-refractivity contribution >= 4 is 38.9 Å². The van der Waals surface area contributed by atoms with Crippen LogP contribution in [0.3, 0.4) is 0 Å². The highest BCUT2D eigenvalue weighted by Crippen LogP contribution is 2.36. The molecule has 6 nitrogen and oxygen atoms in total. The number of hydrogen-bond donors (Lipinski definition) is 1. The predicted molar refractivity (Wildman–Crippen MR) is 124 cm³/mol. The lowest BCUT2D eigenvalue weighted by atomic mass is 9.89. The average Bonchev–Trinajstić information content (AvgIpc) is 3.16. The normalized spacial score (nSPS) is 19.3. The number of fused-ring (bicyclic) bond motifs is 3. The first-order valence-corrected chi connectivity index (χ1v) is 11.5. The molecule has 158 valence electrons. The van der Waals surface area contributed by atoms with Crippen LogP contribution in [0.1, 0.15) is 35.2 Å². The second kappa shape index (κ2) is 8.29. The molecule has 1 fully saturated rings. The van der Waals surface area contributed by atoms with Crippen LogP contribution in [-0.2, 0) is 17.6 Å². The summed E-state index contributed by atoms with van der Waals surface area (Å²) in [5.41, 5.74) is 3.41. The number of thiophene rings is 1. The Balaban J connectivity index is 1.47. The van der Waals surface area contributed by atoms with Crippen LogP contribution in [0.25, 0.3) is 21.9 Å². The van der Waals surface area contributed by atoms with Crippen molar-refractivity contribution in [3.63, 3.8) is 0 Å². The number of nitrogens with zero attached hydrogens (tertiary/aromatic N) is 3. The number of ether oxygens (including phenoxy) is 1. The number of rotatable bonds is 3. The third-order valence-corrected chi connectivity index (χ3v) is 7.27. The SMILES string of the molecule is CC1CCc2c(sc3nc(/C(C#N)=C/c4ccc(N5CCOCC5)cc4)[nH]c(=O)c23)C1. The van der Waals surface area contributed by atoms with Gasteiger partial charge in [-0.1, -0.05) is 19.1 Å². The third-order valence-electron chi connectivity index (χ3n) is 6.12. The molecule has 3 heterocycles. The smallest absolute Gasteiger partial charge is 0.260 e. The molecule has 3 aromatic rings. The summed E-state index contributed by atoms with van der Waals surface area (Å²) in [5, 5.41) is 10.5. The molecule has 1 aliphatic carbocycles. The Hall–Kier alpha value is -2.95. The summed E-state index contributed by atoms with van der Waals surface area (Å²) in [6.07, 6.45) is 4.81. The molecule has 1 aromatic carbocycles. The molecular weight excluding hydrogens is 408 g/mol. The summed E-state index contributed by atoms with van der Waals surface area (Å²) in [6, 6.07) is 10.3. The molecule has 2 aromatic heterocycles. The molecule has 1 aliphatic heterocycles. The summed E-state index contributed by atoms with van der Waals surface area (Å²) < 4.78 is 5.41. The fourth-order valence-corrected chi connectivity index (χ4v) is 5.78. The molecule has 0 amide bonds. The monoisotopic (exact) mass is 432 g/mol. The first kappa shape index (κ1) is 20.0. The number of H-pyrrole nitrogens is 1. The van der Waals surface area contributed by atoms with Crippen LogP contribution in [0.5, 0.6) is 0 Å². The van der Waals surface area contributed by atoms with Crippen molar-refractivity contribution in [3.05, 3.63) is 56.4 Å². The van der Waals surface area contributed by atoms with Crippen LogP contribution in [0.4, 0.5) is 5.69 Å². The minimum absolute atomic E-state index is 0.143. The number of morpholine rings is 1. The van der Waals surface area contributed by atoms with E-state index in [9.17, 15) is 10.1 Å². The molecule has 0 saturated carbocycles. The lowest BCUT2D eigenvalue weighted by Gasteiger charge is -2.28. The van der Waals surface area contributed by atoms with Crippen molar-refractivity contribution in [3.8, 4) is 6.07 Å². The predicted octanol–water partition coefficient (Wildman–Crippen LogP) is 4.01. The van der Waals surface area contributed by atoms with Crippen LogP contribution >= 0.6 is 11.3 Å². The highest BCUT2D eigenvalue weighted by Gasteiger charge is 2.23. The first-order chi connectivity index (χ1) is 15.1. The molecule has 5 rings (SSSR count). The van der Waals surface area contributed by atoms with Crippen molar-refractivity contribution < 1.29 is 4.74 Å². The van der Waals surface area contributed by atoms with Crippen LogP contribution in [0.2, 0.25) is 0 Å². The van der Waals surface area contributed by atoms with Gasteiger partial charge < -0.3 is 14.6 Å². The molecular formula is C24H24N4O2S. The van der Waals surface area contributed by atoms with Gasteiger partial charge >= 0.3 is 0 Å². The molecule has 1 N–H and O–H groups in total. The summed E-state index contributed by atoms with van der Waals surface area (Å²) in [6.45, 7) is 5.50. The highest BCUT2D eigenvalue weighted by atomic mass is 32.1. The molecule has 0 radical (unpaired) electrons. The second-order valence-corrected chi connectivity index (χ2v) is 9.39. The average molecular weight is 433 g/mol. The molecule has 1 saturated heterocycles. The van der Waals surface area contributed by atoms with Crippen molar-refractivity contribution in [1.29, 1.82) is 5.26 Å². The minimum atomic E-state index is -0.143. The van der Waals surface area contributed by atoms with E-state index in [1.165, 1.54) is 4.88 Å². The van der Waals surface area contributed by atoms with Gasteiger partial charge in [0.1, 0.15) is 10.9 Å². The Bertz CT molecular complexity index is 1240. The van der Waals surface area contributed by atoms with Crippen LogP contribution in [0.15, 0.2) is 29.1 Å². The number of allylic oxidation sites excluding steroid dienone is 1. The van der Waals surface area contributed by atoms with Gasteiger partial charge in [-0.2, -0.15) is 5.26 Å². The van der Waals surface area contributed by atoms with Crippen molar-refractivity contribution in [2.24, 2.45) is 5.92 Å². The summed E-state index contributed by atoms with van der Waals surface area (Å²) in [7, 11) is 0. The lowest BCUT2D eigenvalue weighted by molar-refractivity contribution is 0.122. The van der Waals surface area contributed by atoms with E-state index in [1.54, 1.807) is 17.4 Å². The van der Waals surface area contributed by atoms with Gasteiger partial charge in [0.05, 0.1) is 24.2 Å². The van der Waals surface area contributed by atoms with Crippen molar-refractivity contribution in [2.75, 3.05) is 31.2 Å². The fourth-order valence-electron chi connectivity index (χ4n) is 4.40. The number of hydrogen-bond acceptors (Lipinski definition) is 6. The van der Waals surface area contributed by atoms with Gasteiger partial charge in [0, 0.05) is 23.7 Å². The number of aryl methyl sites for hydroxylation is 1. The molecule has 0 bridgehead atoms. The van der Waals surface area contributed by atoms with Crippen LogP contribution in [-0.4, -0.2) is 36.3 Å². The number of aromatic nitrogens is 2. The van der Waals surface area contributed by atoms with Gasteiger partial charge in [-0.3, -0.25) is 4.79 Å². The maximum absolute atomic E-state index is 12.9. The van der Waals surface area contributed by atoms with E-state index in [4.69, 9.17) is 4.74 Å². The minimum Gasteiger partial charge on any atom is -0.378 e. The largest absolute Gasteiger partial charge is 0.378 e. The second-order valence-electron chi connectivity index (χ2n) is 8.31. The Morgan fingerprint density at radius 1 is 1.32 bits per heavy atom. The summed E-state index contributed by atoms with van der Waals surface area (Å²) >= 11 is 1.60. The standard InChI is InChI=1S/C24H24N4O2S/c1-15-2-7-19-20(12-15)31-24-21(19)23(29)26-22(27-24)17(14-25)13-16-3-5-18(6-4-16)28-8-10-30-11-9-28/h3-6,13,15H,2,7-12H2,1H3,(H,26,27,29)/b17-13+. The molecule has 2 aliphatic rings. The number of nitriles is 1. The molecule has 7 heteroatoms. The summed E-state index contributed by atoms with van der Waals surface area (Å²) in [5.74, 6) is 0.970. The Kier molecular flexibility index (Phi) is 5.34. The number of anilines is 1. The topological polar surface area (TPSA) is 82.0 Å². The van der Waals surface area contributed by atoms with E-state index in [2.05, 4.69) is 40.0 Å². The molecule has 0 spiro atoms. The molecule has 1 unspecified atom stereocenters. The van der Waals surface area contributed by atoms with Crippen LogP contribution < -0.4 is 10.5 Å². The van der Waals surface area contributed by atoms with E-state index in [1.807, 2.05) is 12.1 Å². The fraction of sp³-hybridized carbons (Fsp3) is 0.375. The van der Waals surface area contributed by atoms with Gasteiger partial charge in [-0.05, 0) is 54.5 Å². The van der Waals surface area contributed by atoms with Gasteiger partial charge in [-0.25, -0.2) is 4.98 Å². The number of aromatic amines is 1. The Morgan fingerprint density at radius 2 is 2.10 bits per heavy atom. The Morgan fingerprint density at radius 3 is 2.84 bits per heavy atom. The van der Waals surface area contributed by atoms with Gasteiger partial charge in [-0.15, -0.1) is 11.3 Å². The molecule has 31 heavy (non-hydrogen) atoms. The van der Waals surface area contributed by atoms with E-state index < -0.39 is 0 Å². The highest BCUT2D eigenvalue weighted by molar-refractivity contribution is 7.18. The quantitative estimate of drug-likeness (QED) is 0.633. The van der Waals surface area contributed by atoms with Crippen molar-refractivity contribution in [1.82, 2.24) is 9.97 Å². The van der Waals surface area contributed by atoms with Gasteiger partial charge in [0.25, 0.3) is 5.56 Å². The zero-order valence-electron chi connectivity index (χ0n) is 17.5. The summed E-state index contributed by atoms with van der Waals surface area (Å²) in [4.78, 5) is 24.7. The maximum atomic E-state index is 12.9. The number of benzene rings is 1. The van der Waals surface area contributed by atoms with Gasteiger partial charge in [0.15, 0.2) is 5.82 Å². The molecule has 1 atom stereocenters. The Labute approximate surface area is 184 Å². The van der Waals surface area contributed by atoms with E-state index in [-0.39, 0.29) is 5.56 Å².